The molecule has 0 atom stereocenters. The number of benzene rings is 1. The summed E-state index contributed by atoms with van der Waals surface area (Å²) in [6, 6.07) is 9.38. The van der Waals surface area contributed by atoms with Crippen molar-refractivity contribution < 1.29 is 0 Å². The highest BCUT2D eigenvalue weighted by molar-refractivity contribution is 6.35. The number of fused-ring (bicyclic) bond motifs is 1. The highest BCUT2D eigenvalue weighted by atomic mass is 35.5. The molecule has 1 aromatic carbocycles. The van der Waals surface area contributed by atoms with Gasteiger partial charge in [-0.3, -0.25) is 9.78 Å². The van der Waals surface area contributed by atoms with Gasteiger partial charge in [-0.15, -0.1) is 0 Å². The number of aryl methyl sites for hydroxylation is 1. The molecule has 3 heterocycles. The Morgan fingerprint density at radius 3 is 2.88 bits per heavy atom. The highest BCUT2D eigenvalue weighted by Gasteiger charge is 2.15. The molecule has 25 heavy (non-hydrogen) atoms. The molecule has 0 aliphatic heterocycles. The predicted molar refractivity (Wildman–Crippen MR) is 99.1 cm³/mol. The Bertz CT molecular complexity index is 1160. The van der Waals surface area contributed by atoms with E-state index in [0.717, 1.165) is 16.5 Å². The molecule has 3 aromatic heterocycles. The van der Waals surface area contributed by atoms with E-state index in [0.29, 0.717) is 22.1 Å². The standard InChI is InChI=1S/C18H14ClN5O/c1-10-4-6-24(9-10)17-15(22-18(25)16(20)23-17)12-7-11-3-2-5-21-14(11)13(19)8-12/h2-9H,1H3,(H2,20,23)(H,22,25). The van der Waals surface area contributed by atoms with Crippen LogP contribution in [0.25, 0.3) is 28.0 Å². The minimum atomic E-state index is -0.440. The van der Waals surface area contributed by atoms with E-state index in [2.05, 4.69) is 15.0 Å². The van der Waals surface area contributed by atoms with Gasteiger partial charge >= 0.3 is 0 Å². The second kappa shape index (κ2) is 5.75. The smallest absolute Gasteiger partial charge is 0.291 e. The van der Waals surface area contributed by atoms with Crippen LogP contribution in [0.15, 0.2) is 53.7 Å². The van der Waals surface area contributed by atoms with Crippen LogP contribution in [0.3, 0.4) is 0 Å². The molecule has 0 saturated heterocycles. The van der Waals surface area contributed by atoms with Crippen LogP contribution in [0, 0.1) is 6.92 Å². The normalized spacial score (nSPS) is 11.1. The summed E-state index contributed by atoms with van der Waals surface area (Å²) in [7, 11) is 0. The summed E-state index contributed by atoms with van der Waals surface area (Å²) in [5.74, 6) is 0.447. The minimum absolute atomic E-state index is 0.0846. The van der Waals surface area contributed by atoms with Gasteiger partial charge < -0.3 is 15.3 Å². The van der Waals surface area contributed by atoms with E-state index in [1.165, 1.54) is 0 Å². The van der Waals surface area contributed by atoms with Gasteiger partial charge in [-0.1, -0.05) is 17.7 Å². The molecule has 0 unspecified atom stereocenters. The second-order valence-electron chi connectivity index (χ2n) is 5.78. The molecule has 0 aliphatic rings. The summed E-state index contributed by atoms with van der Waals surface area (Å²) in [6.45, 7) is 1.98. The third-order valence-corrected chi connectivity index (χ3v) is 4.24. The first kappa shape index (κ1) is 15.4. The van der Waals surface area contributed by atoms with Gasteiger partial charge in [0.2, 0.25) is 0 Å². The van der Waals surface area contributed by atoms with Crippen molar-refractivity contribution in [2.75, 3.05) is 5.73 Å². The van der Waals surface area contributed by atoms with Crippen LogP contribution in [0.2, 0.25) is 5.02 Å². The number of nitrogen functional groups attached to an aromatic ring is 1. The summed E-state index contributed by atoms with van der Waals surface area (Å²) in [4.78, 5) is 23.4. The number of anilines is 1. The van der Waals surface area contributed by atoms with E-state index in [4.69, 9.17) is 17.3 Å². The minimum Gasteiger partial charge on any atom is -0.379 e. The number of H-pyrrole nitrogens is 1. The average Bonchev–Trinajstić information content (AvgIpc) is 3.03. The Morgan fingerprint density at radius 2 is 2.12 bits per heavy atom. The topological polar surface area (TPSA) is 89.6 Å². The van der Waals surface area contributed by atoms with Crippen molar-refractivity contribution in [3.05, 3.63) is 69.9 Å². The monoisotopic (exact) mass is 351 g/mol. The van der Waals surface area contributed by atoms with Gasteiger partial charge in [-0.05, 0) is 36.8 Å². The van der Waals surface area contributed by atoms with E-state index in [1.54, 1.807) is 12.3 Å². The van der Waals surface area contributed by atoms with E-state index in [-0.39, 0.29) is 5.82 Å². The third kappa shape index (κ3) is 2.66. The first-order valence-electron chi connectivity index (χ1n) is 7.62. The van der Waals surface area contributed by atoms with E-state index < -0.39 is 5.56 Å². The largest absolute Gasteiger partial charge is 0.379 e. The van der Waals surface area contributed by atoms with Gasteiger partial charge in [0.25, 0.3) is 5.56 Å². The quantitative estimate of drug-likeness (QED) is 0.579. The van der Waals surface area contributed by atoms with Gasteiger partial charge in [0, 0.05) is 29.5 Å². The van der Waals surface area contributed by atoms with E-state index in [9.17, 15) is 4.79 Å². The summed E-state index contributed by atoms with van der Waals surface area (Å²) < 4.78 is 1.82. The van der Waals surface area contributed by atoms with Gasteiger partial charge in [-0.25, -0.2) is 4.98 Å². The van der Waals surface area contributed by atoms with Crippen molar-refractivity contribution in [1.82, 2.24) is 19.5 Å². The molecule has 0 spiro atoms. The molecule has 0 radical (unpaired) electrons. The molecule has 0 aliphatic carbocycles. The number of aromatic nitrogens is 4. The van der Waals surface area contributed by atoms with Gasteiger partial charge in [0.15, 0.2) is 11.6 Å². The molecule has 124 valence electrons. The van der Waals surface area contributed by atoms with E-state index >= 15 is 0 Å². The number of nitrogens with zero attached hydrogens (tertiary/aromatic N) is 3. The van der Waals surface area contributed by atoms with Crippen LogP contribution >= 0.6 is 11.6 Å². The zero-order valence-corrected chi connectivity index (χ0v) is 14.1. The molecule has 0 amide bonds. The molecule has 7 heteroatoms. The fourth-order valence-corrected chi connectivity index (χ4v) is 3.05. The number of nitrogens with two attached hydrogens (primary N) is 1. The lowest BCUT2D eigenvalue weighted by molar-refractivity contribution is 0.979. The summed E-state index contributed by atoms with van der Waals surface area (Å²) in [6.07, 6.45) is 5.46. The number of pyridine rings is 1. The maximum Gasteiger partial charge on any atom is 0.291 e. The van der Waals surface area contributed by atoms with Gasteiger partial charge in [0.05, 0.1) is 16.2 Å². The lowest BCUT2D eigenvalue weighted by atomic mass is 10.1. The Morgan fingerprint density at radius 1 is 1.28 bits per heavy atom. The van der Waals surface area contributed by atoms with Gasteiger partial charge in [0.1, 0.15) is 0 Å². The SMILES string of the molecule is Cc1ccn(-c2nc(N)c(=O)[nH]c2-c2cc(Cl)c3ncccc3c2)c1. The lowest BCUT2D eigenvalue weighted by Gasteiger charge is -2.12. The second-order valence-corrected chi connectivity index (χ2v) is 6.19. The molecule has 0 saturated carbocycles. The van der Waals surface area contributed by atoms with E-state index in [1.807, 2.05) is 48.1 Å². The number of rotatable bonds is 2. The van der Waals surface area contributed by atoms with Crippen molar-refractivity contribution in [2.24, 2.45) is 0 Å². The Kier molecular flexibility index (Phi) is 3.54. The summed E-state index contributed by atoms with van der Waals surface area (Å²) >= 11 is 6.38. The molecular formula is C18H14ClN5O. The predicted octanol–water partition coefficient (Wildman–Crippen LogP) is 3.32. The molecule has 6 nitrogen and oxygen atoms in total. The molecule has 3 N–H and O–H groups in total. The first-order chi connectivity index (χ1) is 12.0. The summed E-state index contributed by atoms with van der Waals surface area (Å²) in [5.41, 5.74) is 8.34. The Labute approximate surface area is 147 Å². The number of nitrogens with one attached hydrogen (secondary N) is 1. The average molecular weight is 352 g/mol. The number of hydrogen-bond donors (Lipinski definition) is 2. The molecule has 0 bridgehead atoms. The van der Waals surface area contributed by atoms with Crippen LogP contribution in [-0.4, -0.2) is 19.5 Å². The molecule has 4 aromatic rings. The van der Waals surface area contributed by atoms with Crippen molar-refractivity contribution >= 4 is 28.3 Å². The number of halogens is 1. The lowest BCUT2D eigenvalue weighted by Crippen LogP contribution is -2.17. The maximum absolute atomic E-state index is 12.1. The van der Waals surface area contributed by atoms with Crippen LogP contribution < -0.4 is 11.3 Å². The van der Waals surface area contributed by atoms with Crippen LogP contribution in [0.5, 0.6) is 0 Å². The zero-order chi connectivity index (χ0) is 17.6. The van der Waals surface area contributed by atoms with Gasteiger partial charge in [-0.2, -0.15) is 0 Å². The fourth-order valence-electron chi connectivity index (χ4n) is 2.77. The molecule has 4 rings (SSSR count). The molecule has 0 fully saturated rings. The van der Waals surface area contributed by atoms with Crippen molar-refractivity contribution in [1.29, 1.82) is 0 Å². The number of hydrogen-bond acceptors (Lipinski definition) is 4. The fraction of sp³-hybridized carbons (Fsp3) is 0.0556. The van der Waals surface area contributed by atoms with Crippen LogP contribution in [0.4, 0.5) is 5.82 Å². The van der Waals surface area contributed by atoms with Crippen molar-refractivity contribution in [3.63, 3.8) is 0 Å². The number of aromatic amines is 1. The molecular weight excluding hydrogens is 338 g/mol. The van der Waals surface area contributed by atoms with Crippen molar-refractivity contribution in [2.45, 2.75) is 6.92 Å². The van der Waals surface area contributed by atoms with Crippen molar-refractivity contribution in [3.8, 4) is 17.1 Å². The Balaban J connectivity index is 2.02. The summed E-state index contributed by atoms with van der Waals surface area (Å²) in [5, 5.41) is 1.37. The maximum atomic E-state index is 12.1. The highest BCUT2D eigenvalue weighted by Crippen LogP contribution is 2.31. The zero-order valence-electron chi connectivity index (χ0n) is 13.3. The first-order valence-corrected chi connectivity index (χ1v) is 8.00. The van der Waals surface area contributed by atoms with Crippen LogP contribution in [0.1, 0.15) is 5.56 Å². The van der Waals surface area contributed by atoms with Crippen LogP contribution in [-0.2, 0) is 0 Å². The Hall–Kier alpha value is -3.12. The third-order valence-electron chi connectivity index (χ3n) is 3.95.